The highest BCUT2D eigenvalue weighted by molar-refractivity contribution is 5.92. The lowest BCUT2D eigenvalue weighted by molar-refractivity contribution is 0.0726. The van der Waals surface area contributed by atoms with E-state index < -0.39 is 0 Å². The molecular weight excluding hydrogens is 328 g/mol. The molecule has 4 rings (SSSR count). The van der Waals surface area contributed by atoms with Gasteiger partial charge in [0.05, 0.1) is 24.1 Å². The Hall–Kier alpha value is -3.28. The number of aromatic nitrogens is 3. The summed E-state index contributed by atoms with van der Waals surface area (Å²) in [6.45, 7) is 0.686. The van der Waals surface area contributed by atoms with Crippen LogP contribution in [-0.4, -0.2) is 32.3 Å². The molecule has 1 fully saturated rings. The molecule has 1 atom stereocenters. The molecule has 1 aromatic carbocycles. The first-order chi connectivity index (χ1) is 12.8. The zero-order valence-electron chi connectivity index (χ0n) is 14.2. The summed E-state index contributed by atoms with van der Waals surface area (Å²) in [5, 5.41) is 0. The van der Waals surface area contributed by atoms with Gasteiger partial charge in [-0.05, 0) is 37.1 Å². The van der Waals surface area contributed by atoms with E-state index in [1.165, 1.54) is 0 Å². The Morgan fingerprint density at radius 2 is 1.92 bits per heavy atom. The van der Waals surface area contributed by atoms with Gasteiger partial charge in [-0.25, -0.2) is 4.98 Å². The van der Waals surface area contributed by atoms with Crippen LogP contribution in [0.5, 0.6) is 11.6 Å². The lowest BCUT2D eigenvalue weighted by atomic mass is 10.1. The first kappa shape index (κ1) is 16.2. The lowest BCUT2D eigenvalue weighted by Gasteiger charge is -2.24. The van der Waals surface area contributed by atoms with Crippen molar-refractivity contribution in [2.75, 3.05) is 6.54 Å². The second-order valence-electron chi connectivity index (χ2n) is 6.07. The third-order valence-corrected chi connectivity index (χ3v) is 4.34. The van der Waals surface area contributed by atoms with Crippen LogP contribution in [0.1, 0.15) is 35.1 Å². The fraction of sp³-hybridized carbons (Fsp3) is 0.200. The summed E-state index contributed by atoms with van der Waals surface area (Å²) in [6, 6.07) is 14.7. The third-order valence-electron chi connectivity index (χ3n) is 4.34. The summed E-state index contributed by atoms with van der Waals surface area (Å²) >= 11 is 0. The van der Waals surface area contributed by atoms with Crippen molar-refractivity contribution >= 4 is 5.91 Å². The van der Waals surface area contributed by atoms with Gasteiger partial charge in [0, 0.05) is 12.7 Å². The van der Waals surface area contributed by atoms with Gasteiger partial charge in [0.15, 0.2) is 0 Å². The van der Waals surface area contributed by atoms with Crippen molar-refractivity contribution in [2.45, 2.75) is 18.9 Å². The lowest BCUT2D eigenvalue weighted by Crippen LogP contribution is -2.31. The van der Waals surface area contributed by atoms with Crippen molar-refractivity contribution in [3.8, 4) is 11.6 Å². The van der Waals surface area contributed by atoms with Crippen LogP contribution in [0.25, 0.3) is 0 Å². The number of carbonyl (C=O) groups is 1. The van der Waals surface area contributed by atoms with Gasteiger partial charge in [-0.2, -0.15) is 0 Å². The molecular formula is C20H18N4O2. The minimum Gasteiger partial charge on any atom is -0.437 e. The number of amides is 1. The predicted molar refractivity (Wildman–Crippen MR) is 95.8 cm³/mol. The van der Waals surface area contributed by atoms with E-state index in [4.69, 9.17) is 4.74 Å². The van der Waals surface area contributed by atoms with Crippen molar-refractivity contribution in [3.05, 3.63) is 78.5 Å². The van der Waals surface area contributed by atoms with Crippen molar-refractivity contribution in [3.63, 3.8) is 0 Å². The molecule has 1 saturated heterocycles. The summed E-state index contributed by atoms with van der Waals surface area (Å²) in [4.78, 5) is 27.6. The van der Waals surface area contributed by atoms with Crippen molar-refractivity contribution in [1.29, 1.82) is 0 Å². The van der Waals surface area contributed by atoms with Crippen molar-refractivity contribution in [2.24, 2.45) is 0 Å². The number of carbonyl (C=O) groups excluding carboxylic acids is 1. The molecule has 3 heterocycles. The fourth-order valence-corrected chi connectivity index (χ4v) is 3.14. The molecule has 130 valence electrons. The molecule has 1 aliphatic heterocycles. The maximum atomic E-state index is 12.8. The molecule has 0 saturated carbocycles. The van der Waals surface area contributed by atoms with Crippen LogP contribution in [0.2, 0.25) is 0 Å². The van der Waals surface area contributed by atoms with Gasteiger partial charge in [-0.3, -0.25) is 14.8 Å². The SMILES string of the molecule is O=C(c1ccccn1)N1CCCC1c1cncc(Oc2ccccc2)n1. The highest BCUT2D eigenvalue weighted by Gasteiger charge is 2.32. The Morgan fingerprint density at radius 1 is 1.08 bits per heavy atom. The van der Waals surface area contributed by atoms with Gasteiger partial charge in [0.25, 0.3) is 5.91 Å². The smallest absolute Gasteiger partial charge is 0.273 e. The number of rotatable bonds is 4. The van der Waals surface area contributed by atoms with E-state index in [1.54, 1.807) is 30.7 Å². The first-order valence-electron chi connectivity index (χ1n) is 8.58. The topological polar surface area (TPSA) is 68.2 Å². The van der Waals surface area contributed by atoms with E-state index in [2.05, 4.69) is 15.0 Å². The monoisotopic (exact) mass is 346 g/mol. The average molecular weight is 346 g/mol. The molecule has 1 unspecified atom stereocenters. The third kappa shape index (κ3) is 3.39. The number of pyridine rings is 1. The summed E-state index contributed by atoms with van der Waals surface area (Å²) < 4.78 is 5.77. The molecule has 6 nitrogen and oxygen atoms in total. The Labute approximate surface area is 151 Å². The van der Waals surface area contributed by atoms with E-state index in [-0.39, 0.29) is 11.9 Å². The average Bonchev–Trinajstić information content (AvgIpc) is 3.19. The van der Waals surface area contributed by atoms with Gasteiger partial charge in [0.1, 0.15) is 11.4 Å². The standard InChI is InChI=1S/C20H18N4O2/c25-20(16-9-4-5-11-22-16)24-12-6-10-18(24)17-13-21-14-19(23-17)26-15-7-2-1-3-8-15/h1-5,7-9,11,13-14,18H,6,10,12H2. The Bertz CT molecular complexity index is 887. The van der Waals surface area contributed by atoms with E-state index >= 15 is 0 Å². The second kappa shape index (κ2) is 7.31. The largest absolute Gasteiger partial charge is 0.437 e. The predicted octanol–water partition coefficient (Wildman–Crippen LogP) is 3.64. The number of nitrogens with zero attached hydrogens (tertiary/aromatic N) is 4. The number of likely N-dealkylation sites (tertiary alicyclic amines) is 1. The fourth-order valence-electron chi connectivity index (χ4n) is 3.14. The zero-order chi connectivity index (χ0) is 17.8. The van der Waals surface area contributed by atoms with Gasteiger partial charge in [-0.1, -0.05) is 24.3 Å². The van der Waals surface area contributed by atoms with Crippen LogP contribution in [0.4, 0.5) is 0 Å². The summed E-state index contributed by atoms with van der Waals surface area (Å²) in [7, 11) is 0. The maximum absolute atomic E-state index is 12.8. The van der Waals surface area contributed by atoms with Crippen LogP contribution in [-0.2, 0) is 0 Å². The number of para-hydroxylation sites is 1. The molecule has 26 heavy (non-hydrogen) atoms. The minimum absolute atomic E-state index is 0.0794. The molecule has 1 aliphatic rings. The number of ether oxygens (including phenoxy) is 1. The molecule has 2 aromatic heterocycles. The Morgan fingerprint density at radius 3 is 2.73 bits per heavy atom. The summed E-state index contributed by atoms with van der Waals surface area (Å²) in [5.41, 5.74) is 1.18. The molecule has 0 bridgehead atoms. The first-order valence-corrected chi connectivity index (χ1v) is 8.58. The van der Waals surface area contributed by atoms with Crippen molar-refractivity contribution in [1.82, 2.24) is 19.9 Å². The van der Waals surface area contributed by atoms with E-state index in [0.717, 1.165) is 18.5 Å². The van der Waals surface area contributed by atoms with Gasteiger partial charge >= 0.3 is 0 Å². The zero-order valence-corrected chi connectivity index (χ0v) is 14.2. The number of hydrogen-bond acceptors (Lipinski definition) is 5. The minimum atomic E-state index is -0.115. The molecule has 6 heteroatoms. The quantitative estimate of drug-likeness (QED) is 0.721. The highest BCUT2D eigenvalue weighted by atomic mass is 16.5. The normalized spacial score (nSPS) is 16.5. The van der Waals surface area contributed by atoms with Crippen LogP contribution in [0, 0.1) is 0 Å². The van der Waals surface area contributed by atoms with Crippen LogP contribution in [0.3, 0.4) is 0 Å². The molecule has 0 N–H and O–H groups in total. The summed E-state index contributed by atoms with van der Waals surface area (Å²) in [6.07, 6.45) is 6.69. The molecule has 0 aliphatic carbocycles. The maximum Gasteiger partial charge on any atom is 0.273 e. The van der Waals surface area contributed by atoms with E-state index in [9.17, 15) is 4.79 Å². The Kier molecular flexibility index (Phi) is 4.55. The summed E-state index contributed by atoms with van der Waals surface area (Å²) in [5.74, 6) is 1.04. The van der Waals surface area contributed by atoms with E-state index in [1.807, 2.05) is 41.3 Å². The van der Waals surface area contributed by atoms with Crippen LogP contribution in [0.15, 0.2) is 67.1 Å². The second-order valence-corrected chi connectivity index (χ2v) is 6.07. The van der Waals surface area contributed by atoms with E-state index in [0.29, 0.717) is 23.9 Å². The van der Waals surface area contributed by atoms with Gasteiger partial charge < -0.3 is 9.64 Å². The number of benzene rings is 1. The van der Waals surface area contributed by atoms with Crippen LogP contribution >= 0.6 is 0 Å². The molecule has 1 amide bonds. The molecule has 0 radical (unpaired) electrons. The van der Waals surface area contributed by atoms with Gasteiger partial charge in [0.2, 0.25) is 5.88 Å². The number of hydrogen-bond donors (Lipinski definition) is 0. The van der Waals surface area contributed by atoms with Gasteiger partial charge in [-0.15, -0.1) is 0 Å². The Balaban J connectivity index is 1.56. The highest BCUT2D eigenvalue weighted by Crippen LogP contribution is 2.32. The van der Waals surface area contributed by atoms with Crippen LogP contribution < -0.4 is 4.74 Å². The molecule has 0 spiro atoms. The molecule has 3 aromatic rings. The van der Waals surface area contributed by atoms with Crippen molar-refractivity contribution < 1.29 is 9.53 Å².